The summed E-state index contributed by atoms with van der Waals surface area (Å²) in [5, 5.41) is 19.8. The Kier molecular flexibility index (Phi) is 2.64. The summed E-state index contributed by atoms with van der Waals surface area (Å²) in [6, 6.07) is 5.80. The van der Waals surface area contributed by atoms with Crippen LogP contribution in [0.3, 0.4) is 0 Å². The van der Waals surface area contributed by atoms with E-state index in [0.717, 1.165) is 0 Å². The first kappa shape index (κ1) is 10.7. The van der Waals surface area contributed by atoms with Gasteiger partial charge in [-0.25, -0.2) is 0 Å². The van der Waals surface area contributed by atoms with Gasteiger partial charge in [-0.3, -0.25) is 10.5 Å². The molecule has 1 aromatic carbocycles. The van der Waals surface area contributed by atoms with Crippen molar-refractivity contribution in [3.63, 3.8) is 0 Å². The monoisotopic (exact) mass is 219 g/mol. The molecule has 0 aliphatic rings. The smallest absolute Gasteiger partial charge is 0.248 e. The van der Waals surface area contributed by atoms with Crippen molar-refractivity contribution in [2.24, 2.45) is 0 Å². The van der Waals surface area contributed by atoms with E-state index >= 15 is 0 Å². The van der Waals surface area contributed by atoms with Gasteiger partial charge in [0.2, 0.25) is 5.56 Å². The van der Waals surface area contributed by atoms with E-state index in [1.807, 2.05) is 0 Å². The summed E-state index contributed by atoms with van der Waals surface area (Å²) in [6.07, 6.45) is -0.922. The summed E-state index contributed by atoms with van der Waals surface area (Å²) in [4.78, 5) is 13.6. The van der Waals surface area contributed by atoms with E-state index in [2.05, 4.69) is 4.98 Å². The van der Waals surface area contributed by atoms with Gasteiger partial charge < -0.3 is 15.2 Å². The number of phenolic OH excluding ortho intramolecular Hbond substituents is 1. The van der Waals surface area contributed by atoms with E-state index in [9.17, 15) is 15.0 Å². The zero-order valence-electron chi connectivity index (χ0n) is 8.40. The van der Waals surface area contributed by atoms with Crippen LogP contribution in [0.5, 0.6) is 5.75 Å². The van der Waals surface area contributed by atoms with E-state index in [1.165, 1.54) is 18.2 Å². The molecule has 1 aromatic heterocycles. The van der Waals surface area contributed by atoms with Gasteiger partial charge in [0, 0.05) is 18.0 Å². The van der Waals surface area contributed by atoms with E-state index in [-0.39, 0.29) is 23.4 Å². The zero-order valence-corrected chi connectivity index (χ0v) is 8.40. The molecule has 1 radical (unpaired) electrons. The van der Waals surface area contributed by atoms with Crippen molar-refractivity contribution >= 4 is 10.9 Å². The third kappa shape index (κ3) is 1.66. The lowest BCUT2D eigenvalue weighted by atomic mass is 10.0. The number of hydrogen-bond donors (Lipinski definition) is 3. The lowest BCUT2D eigenvalue weighted by molar-refractivity contribution is 0.186. The summed E-state index contributed by atoms with van der Waals surface area (Å²) < 4.78 is 0. The Balaban J connectivity index is 2.79. The Morgan fingerprint density at radius 3 is 2.75 bits per heavy atom. The molecular weight excluding hydrogens is 208 g/mol. The van der Waals surface area contributed by atoms with Crippen LogP contribution in [0.2, 0.25) is 0 Å². The molecule has 0 saturated heterocycles. The molecule has 1 unspecified atom stereocenters. The van der Waals surface area contributed by atoms with Crippen LogP contribution in [0.25, 0.3) is 10.9 Å². The molecule has 0 bridgehead atoms. The van der Waals surface area contributed by atoms with Gasteiger partial charge in [0.15, 0.2) is 0 Å². The number of rotatable bonds is 2. The highest BCUT2D eigenvalue weighted by atomic mass is 16.3. The second kappa shape index (κ2) is 3.96. The van der Waals surface area contributed by atoms with Crippen LogP contribution in [-0.2, 0) is 0 Å². The molecule has 83 valence electrons. The summed E-state index contributed by atoms with van der Waals surface area (Å²) in [5.41, 5.74) is 7.63. The fourth-order valence-corrected chi connectivity index (χ4v) is 1.66. The highest BCUT2D eigenvalue weighted by Crippen LogP contribution is 2.28. The lowest BCUT2D eigenvalue weighted by Gasteiger charge is -2.11. The number of aromatic amines is 1. The number of pyridine rings is 1. The zero-order chi connectivity index (χ0) is 11.7. The number of benzene rings is 1. The van der Waals surface area contributed by atoms with Crippen LogP contribution in [-0.4, -0.2) is 21.7 Å². The van der Waals surface area contributed by atoms with Gasteiger partial charge in [-0.1, -0.05) is 6.07 Å². The highest BCUT2D eigenvalue weighted by Gasteiger charge is 2.12. The first-order valence-electron chi connectivity index (χ1n) is 4.81. The molecule has 5 heteroatoms. The van der Waals surface area contributed by atoms with E-state index in [0.29, 0.717) is 10.9 Å². The standard InChI is InChI=1S/C11H11N2O3/c12-5-9(15)6-1-3-8(14)11-7(6)2-4-10(16)13-11/h1-4,9,12,14-15H,5H2,(H,13,16). The number of aromatic hydroxyl groups is 1. The van der Waals surface area contributed by atoms with E-state index in [4.69, 9.17) is 5.73 Å². The number of fused-ring (bicyclic) bond motifs is 1. The third-order valence-electron chi connectivity index (χ3n) is 2.46. The molecule has 2 rings (SSSR count). The Hall–Kier alpha value is -1.85. The van der Waals surface area contributed by atoms with Crippen LogP contribution in [0, 0.1) is 0 Å². The average molecular weight is 219 g/mol. The highest BCUT2D eigenvalue weighted by molar-refractivity contribution is 5.87. The molecule has 0 fully saturated rings. The second-order valence-corrected chi connectivity index (χ2v) is 3.51. The number of aliphatic hydroxyl groups excluding tert-OH is 1. The van der Waals surface area contributed by atoms with Gasteiger partial charge in [0.25, 0.3) is 0 Å². The molecule has 1 atom stereocenters. The molecular formula is C11H11N2O3. The minimum atomic E-state index is -0.922. The van der Waals surface area contributed by atoms with Gasteiger partial charge in [-0.2, -0.15) is 0 Å². The predicted molar refractivity (Wildman–Crippen MR) is 59.2 cm³/mol. The van der Waals surface area contributed by atoms with Crippen molar-refractivity contribution in [1.29, 1.82) is 0 Å². The molecule has 0 saturated carbocycles. The van der Waals surface area contributed by atoms with Crippen LogP contribution < -0.4 is 11.3 Å². The van der Waals surface area contributed by atoms with Gasteiger partial charge >= 0.3 is 0 Å². The fourth-order valence-electron chi connectivity index (χ4n) is 1.66. The van der Waals surface area contributed by atoms with E-state index < -0.39 is 6.10 Å². The maximum Gasteiger partial charge on any atom is 0.248 e. The van der Waals surface area contributed by atoms with Crippen molar-refractivity contribution in [2.45, 2.75) is 6.10 Å². The minimum absolute atomic E-state index is 0.0476. The van der Waals surface area contributed by atoms with Crippen molar-refractivity contribution in [1.82, 2.24) is 10.7 Å². The van der Waals surface area contributed by atoms with Gasteiger partial charge in [0.05, 0.1) is 11.6 Å². The average Bonchev–Trinajstić information content (AvgIpc) is 2.29. The molecule has 1 heterocycles. The van der Waals surface area contributed by atoms with Crippen molar-refractivity contribution < 1.29 is 10.2 Å². The number of H-pyrrole nitrogens is 1. The first-order chi connectivity index (χ1) is 7.63. The van der Waals surface area contributed by atoms with E-state index in [1.54, 1.807) is 6.07 Å². The molecule has 4 N–H and O–H groups in total. The predicted octanol–water partition coefficient (Wildman–Crippen LogP) is 0.550. The van der Waals surface area contributed by atoms with Crippen molar-refractivity contribution in [3.8, 4) is 5.75 Å². The van der Waals surface area contributed by atoms with Gasteiger partial charge in [-0.15, -0.1) is 0 Å². The van der Waals surface area contributed by atoms with Gasteiger partial charge in [0.1, 0.15) is 5.75 Å². The molecule has 0 amide bonds. The Morgan fingerprint density at radius 2 is 2.06 bits per heavy atom. The molecule has 5 nitrogen and oxygen atoms in total. The first-order valence-corrected chi connectivity index (χ1v) is 4.81. The normalized spacial score (nSPS) is 12.9. The third-order valence-corrected chi connectivity index (χ3v) is 2.46. The second-order valence-electron chi connectivity index (χ2n) is 3.51. The largest absolute Gasteiger partial charge is 0.506 e. The topological polar surface area (TPSA) is 97.1 Å². The molecule has 2 aromatic rings. The summed E-state index contributed by atoms with van der Waals surface area (Å²) in [6.45, 7) is -0.168. The number of phenols is 1. The minimum Gasteiger partial charge on any atom is -0.506 e. The summed E-state index contributed by atoms with van der Waals surface area (Å²) >= 11 is 0. The molecule has 0 aliphatic heterocycles. The lowest BCUT2D eigenvalue weighted by Crippen LogP contribution is -2.07. The fraction of sp³-hybridized carbons (Fsp3) is 0.182. The quantitative estimate of drug-likeness (QED) is 0.688. The molecule has 16 heavy (non-hydrogen) atoms. The molecule has 0 aliphatic carbocycles. The number of nitrogens with one attached hydrogen (secondary N) is 2. The maximum atomic E-state index is 11.1. The van der Waals surface area contributed by atoms with Crippen LogP contribution >= 0.6 is 0 Å². The molecule has 0 spiro atoms. The van der Waals surface area contributed by atoms with Gasteiger partial charge in [-0.05, 0) is 17.7 Å². The summed E-state index contributed by atoms with van der Waals surface area (Å²) in [7, 11) is 0. The maximum absolute atomic E-state index is 11.1. The van der Waals surface area contributed by atoms with Crippen LogP contribution in [0.4, 0.5) is 0 Å². The van der Waals surface area contributed by atoms with Crippen molar-refractivity contribution in [3.05, 3.63) is 40.2 Å². The Bertz CT molecular complexity index is 577. The van der Waals surface area contributed by atoms with Crippen LogP contribution in [0.1, 0.15) is 11.7 Å². The number of aromatic nitrogens is 1. The Labute approximate surface area is 91.2 Å². The van der Waals surface area contributed by atoms with Crippen molar-refractivity contribution in [2.75, 3.05) is 6.54 Å². The summed E-state index contributed by atoms with van der Waals surface area (Å²) in [5.74, 6) is -0.0476. The number of aliphatic hydroxyl groups is 1. The SMILES string of the molecule is [NH]CC(O)c1ccc(O)c2[nH]c(=O)ccc12. The number of hydrogen-bond acceptors (Lipinski definition) is 3. The Morgan fingerprint density at radius 1 is 1.31 bits per heavy atom. The van der Waals surface area contributed by atoms with Crippen LogP contribution in [0.15, 0.2) is 29.1 Å².